The summed E-state index contributed by atoms with van der Waals surface area (Å²) in [4.78, 5) is 18.8. The van der Waals surface area contributed by atoms with E-state index in [9.17, 15) is 4.79 Å². The molecule has 2 aromatic rings. The van der Waals surface area contributed by atoms with E-state index in [1.54, 1.807) is 0 Å². The third kappa shape index (κ3) is 5.29. The first kappa shape index (κ1) is 21.6. The first-order valence-corrected chi connectivity index (χ1v) is 10.2. The number of aliphatic imine (C=N–C) groups is 1. The predicted molar refractivity (Wildman–Crippen MR) is 129 cm³/mol. The summed E-state index contributed by atoms with van der Waals surface area (Å²) in [5.41, 5.74) is 12.5. The standard InChI is InChI=1S/C23H28N4O.HI/c24-23(26-21-12-5-10-17-7-3-4-11-20(17)21)25-14-6-13-22(28)27-15-18-8-1-2-9-19(18)16-27;/h1-2,5,8-10,12H,3-4,6-7,11,13-16H2,(H3,24,25,26);1H. The Morgan fingerprint density at radius 2 is 1.69 bits per heavy atom. The number of guanidine groups is 1. The Kier molecular flexibility index (Phi) is 7.52. The van der Waals surface area contributed by atoms with Crippen molar-refractivity contribution >= 4 is 41.5 Å². The molecule has 2 aliphatic rings. The summed E-state index contributed by atoms with van der Waals surface area (Å²) in [5.74, 6) is 0.620. The van der Waals surface area contributed by atoms with Gasteiger partial charge >= 0.3 is 0 Å². The van der Waals surface area contributed by atoms with Gasteiger partial charge in [0.1, 0.15) is 0 Å². The highest BCUT2D eigenvalue weighted by Gasteiger charge is 2.22. The molecule has 0 radical (unpaired) electrons. The average Bonchev–Trinajstić information content (AvgIpc) is 3.16. The van der Waals surface area contributed by atoms with Crippen LogP contribution in [0.3, 0.4) is 0 Å². The maximum Gasteiger partial charge on any atom is 0.223 e. The highest BCUT2D eigenvalue weighted by molar-refractivity contribution is 14.0. The van der Waals surface area contributed by atoms with E-state index < -0.39 is 0 Å². The van der Waals surface area contributed by atoms with Gasteiger partial charge in [-0.2, -0.15) is 0 Å². The summed E-state index contributed by atoms with van der Waals surface area (Å²) in [6.45, 7) is 2.00. The summed E-state index contributed by atoms with van der Waals surface area (Å²) in [7, 11) is 0. The smallest absolute Gasteiger partial charge is 0.223 e. The number of hydrogen-bond acceptors (Lipinski definition) is 2. The number of nitrogens with two attached hydrogens (primary N) is 1. The summed E-state index contributed by atoms with van der Waals surface area (Å²) in [5, 5.41) is 3.26. The molecule has 5 nitrogen and oxygen atoms in total. The normalized spacial score (nSPS) is 15.3. The molecule has 0 bridgehead atoms. The van der Waals surface area contributed by atoms with Gasteiger partial charge in [0.2, 0.25) is 5.91 Å². The van der Waals surface area contributed by atoms with Crippen LogP contribution >= 0.6 is 24.0 Å². The molecule has 6 heteroatoms. The Bertz CT molecular complexity index is 871. The van der Waals surface area contributed by atoms with Crippen LogP contribution < -0.4 is 11.1 Å². The summed E-state index contributed by atoms with van der Waals surface area (Å²) in [6.07, 6.45) is 5.94. The van der Waals surface area contributed by atoms with Gasteiger partial charge in [-0.05, 0) is 60.4 Å². The second-order valence-corrected chi connectivity index (χ2v) is 7.66. The second kappa shape index (κ2) is 10.1. The molecular formula is C23H29IN4O. The lowest BCUT2D eigenvalue weighted by Gasteiger charge is -2.19. The van der Waals surface area contributed by atoms with E-state index in [1.165, 1.54) is 35.1 Å². The van der Waals surface area contributed by atoms with Crippen molar-refractivity contribution in [1.82, 2.24) is 4.90 Å². The van der Waals surface area contributed by atoms with Crippen LogP contribution in [0.2, 0.25) is 0 Å². The van der Waals surface area contributed by atoms with Gasteiger partial charge in [0.15, 0.2) is 5.96 Å². The number of nitrogens with zero attached hydrogens (tertiary/aromatic N) is 2. The van der Waals surface area contributed by atoms with Crippen LogP contribution in [0.25, 0.3) is 0 Å². The van der Waals surface area contributed by atoms with Crippen LogP contribution in [0.5, 0.6) is 0 Å². The third-order valence-electron chi connectivity index (χ3n) is 5.68. The molecule has 0 spiro atoms. The zero-order valence-electron chi connectivity index (χ0n) is 16.7. The Labute approximate surface area is 189 Å². The van der Waals surface area contributed by atoms with Gasteiger partial charge in [0.05, 0.1) is 0 Å². The van der Waals surface area contributed by atoms with E-state index >= 15 is 0 Å². The maximum absolute atomic E-state index is 12.4. The minimum atomic E-state index is 0. The van der Waals surface area contributed by atoms with Crippen LogP contribution in [0.4, 0.5) is 5.69 Å². The summed E-state index contributed by atoms with van der Waals surface area (Å²) in [6, 6.07) is 14.6. The number of aryl methyl sites for hydroxylation is 1. The molecule has 1 aliphatic heterocycles. The number of fused-ring (bicyclic) bond motifs is 2. The number of carbonyl (C=O) groups excluding carboxylic acids is 1. The van der Waals surface area contributed by atoms with E-state index in [0.717, 1.165) is 31.6 Å². The third-order valence-corrected chi connectivity index (χ3v) is 5.68. The first-order valence-electron chi connectivity index (χ1n) is 10.2. The molecular weight excluding hydrogens is 475 g/mol. The molecule has 154 valence electrons. The molecule has 1 aliphatic carbocycles. The summed E-state index contributed by atoms with van der Waals surface area (Å²) >= 11 is 0. The van der Waals surface area contributed by atoms with Gasteiger partial charge in [-0.15, -0.1) is 24.0 Å². The van der Waals surface area contributed by atoms with Crippen molar-refractivity contribution in [3.8, 4) is 0 Å². The number of halogens is 1. The molecule has 0 aromatic heterocycles. The van der Waals surface area contributed by atoms with Crippen molar-refractivity contribution in [3.63, 3.8) is 0 Å². The van der Waals surface area contributed by atoms with Gasteiger partial charge in [-0.1, -0.05) is 36.4 Å². The van der Waals surface area contributed by atoms with Gasteiger partial charge < -0.3 is 16.0 Å². The van der Waals surface area contributed by atoms with Crippen LogP contribution in [-0.2, 0) is 30.7 Å². The molecule has 1 heterocycles. The first-order chi connectivity index (χ1) is 13.7. The lowest BCUT2D eigenvalue weighted by atomic mass is 9.90. The van der Waals surface area contributed by atoms with Crippen molar-refractivity contribution in [3.05, 3.63) is 64.7 Å². The van der Waals surface area contributed by atoms with Crippen molar-refractivity contribution in [1.29, 1.82) is 0 Å². The minimum Gasteiger partial charge on any atom is -0.370 e. The van der Waals surface area contributed by atoms with Crippen LogP contribution in [0.15, 0.2) is 47.5 Å². The Hall–Kier alpha value is -2.09. The molecule has 0 saturated heterocycles. The predicted octanol–water partition coefficient (Wildman–Crippen LogP) is 4.23. The maximum atomic E-state index is 12.4. The highest BCUT2D eigenvalue weighted by Crippen LogP contribution is 2.27. The zero-order valence-corrected chi connectivity index (χ0v) is 19.0. The quantitative estimate of drug-likeness (QED) is 0.277. The Morgan fingerprint density at radius 3 is 2.45 bits per heavy atom. The van der Waals surface area contributed by atoms with Crippen molar-refractivity contribution in [2.45, 2.75) is 51.6 Å². The second-order valence-electron chi connectivity index (χ2n) is 7.66. The van der Waals surface area contributed by atoms with Gasteiger partial charge in [-0.25, -0.2) is 0 Å². The van der Waals surface area contributed by atoms with E-state index in [0.29, 0.717) is 25.3 Å². The van der Waals surface area contributed by atoms with E-state index in [2.05, 4.69) is 40.6 Å². The van der Waals surface area contributed by atoms with Crippen molar-refractivity contribution in [2.75, 3.05) is 11.9 Å². The number of anilines is 1. The summed E-state index contributed by atoms with van der Waals surface area (Å²) < 4.78 is 0. The fourth-order valence-corrected chi connectivity index (χ4v) is 4.17. The number of rotatable bonds is 5. The average molecular weight is 504 g/mol. The highest BCUT2D eigenvalue weighted by atomic mass is 127. The molecule has 0 unspecified atom stereocenters. The SMILES string of the molecule is I.NC(=NCCCC(=O)N1Cc2ccccc2C1)Nc1cccc2c1CCCC2. The minimum absolute atomic E-state index is 0. The fraction of sp³-hybridized carbons (Fsp3) is 0.391. The van der Waals surface area contributed by atoms with Crippen LogP contribution in [0.1, 0.15) is 47.9 Å². The van der Waals surface area contributed by atoms with Gasteiger partial charge in [-0.3, -0.25) is 9.79 Å². The number of benzene rings is 2. The zero-order chi connectivity index (χ0) is 19.3. The number of nitrogens with one attached hydrogen (secondary N) is 1. The van der Waals surface area contributed by atoms with Crippen molar-refractivity contribution in [2.24, 2.45) is 10.7 Å². The number of carbonyl (C=O) groups is 1. The molecule has 2 aromatic carbocycles. The molecule has 0 saturated carbocycles. The Balaban J connectivity index is 0.00000240. The van der Waals surface area contributed by atoms with Gasteiger partial charge in [0, 0.05) is 31.7 Å². The molecule has 3 N–H and O–H groups in total. The number of amides is 1. The monoisotopic (exact) mass is 504 g/mol. The van der Waals surface area contributed by atoms with E-state index in [-0.39, 0.29) is 29.9 Å². The van der Waals surface area contributed by atoms with Crippen molar-refractivity contribution < 1.29 is 4.79 Å². The topological polar surface area (TPSA) is 70.7 Å². The lowest BCUT2D eigenvalue weighted by Crippen LogP contribution is -2.26. The van der Waals surface area contributed by atoms with Crippen LogP contribution in [0, 0.1) is 0 Å². The van der Waals surface area contributed by atoms with Crippen LogP contribution in [-0.4, -0.2) is 23.3 Å². The Morgan fingerprint density at radius 1 is 1.00 bits per heavy atom. The van der Waals surface area contributed by atoms with E-state index in [1.807, 2.05) is 17.0 Å². The molecule has 4 rings (SSSR count). The van der Waals surface area contributed by atoms with Gasteiger partial charge in [0.25, 0.3) is 0 Å². The largest absolute Gasteiger partial charge is 0.370 e. The number of hydrogen-bond donors (Lipinski definition) is 2. The molecule has 1 amide bonds. The molecule has 0 atom stereocenters. The lowest BCUT2D eigenvalue weighted by molar-refractivity contribution is -0.131. The molecule has 0 fully saturated rings. The molecule has 29 heavy (non-hydrogen) atoms. The fourth-order valence-electron chi connectivity index (χ4n) is 4.17. The van der Waals surface area contributed by atoms with E-state index in [4.69, 9.17) is 5.73 Å².